The first-order chi connectivity index (χ1) is 8.28. The van der Waals surface area contributed by atoms with Gasteiger partial charge in [0.1, 0.15) is 0 Å². The van der Waals surface area contributed by atoms with Gasteiger partial charge in [-0.3, -0.25) is 14.1 Å². The van der Waals surface area contributed by atoms with Gasteiger partial charge < -0.3 is 5.10 Å². The Kier molecular flexibility index (Phi) is 2.19. The third kappa shape index (κ3) is 1.60. The van der Waals surface area contributed by atoms with E-state index >= 15 is 0 Å². The molecule has 3 aromatic rings. The summed E-state index contributed by atoms with van der Waals surface area (Å²) in [5, 5.41) is 2.99. The molecule has 0 atom stereocenters. The highest BCUT2D eigenvalue weighted by atomic mass is 32.1. The zero-order valence-electron chi connectivity index (χ0n) is 8.71. The van der Waals surface area contributed by atoms with Crippen LogP contribution >= 0.6 is 11.3 Å². The van der Waals surface area contributed by atoms with Gasteiger partial charge in [0.15, 0.2) is 11.7 Å². The molecule has 0 radical (unpaired) electrons. The fourth-order valence-corrected chi connectivity index (χ4v) is 2.58. The molecule has 3 rings (SSSR count). The number of carbonyl (C=O) groups is 1. The first-order valence-electron chi connectivity index (χ1n) is 5.03. The van der Waals surface area contributed by atoms with Crippen LogP contribution in [0.2, 0.25) is 0 Å². The van der Waals surface area contributed by atoms with Crippen LogP contribution in [-0.4, -0.2) is 15.9 Å². The lowest BCUT2D eigenvalue weighted by Crippen LogP contribution is -2.04. The molecule has 3 aromatic heterocycles. The normalized spacial score (nSPS) is 10.8. The number of aromatic amines is 1. The zero-order valence-corrected chi connectivity index (χ0v) is 9.53. The number of nitrogens with zero attached hydrogens (tertiary/aromatic N) is 1. The smallest absolute Gasteiger partial charge is 0.190 e. The molecule has 84 valence electrons. The Labute approximate surface area is 100 Å². The molecule has 0 aliphatic heterocycles. The standard InChI is InChI=1S/C12H8N2O2S/c15-7-9-1-2-12(17-9)10-6-14-8(3-4-13-14)5-11(10)16/h1-7,13H. The molecule has 0 unspecified atom stereocenters. The van der Waals surface area contributed by atoms with Crippen LogP contribution in [0.15, 0.2) is 41.5 Å². The number of pyridine rings is 1. The van der Waals surface area contributed by atoms with Crippen molar-refractivity contribution in [2.24, 2.45) is 0 Å². The lowest BCUT2D eigenvalue weighted by atomic mass is 10.2. The summed E-state index contributed by atoms with van der Waals surface area (Å²) in [7, 11) is 0. The summed E-state index contributed by atoms with van der Waals surface area (Å²) in [6, 6.07) is 6.92. The van der Waals surface area contributed by atoms with Gasteiger partial charge in [0.05, 0.1) is 16.0 Å². The van der Waals surface area contributed by atoms with Crippen LogP contribution < -0.4 is 5.43 Å². The van der Waals surface area contributed by atoms with E-state index in [4.69, 9.17) is 0 Å². The van der Waals surface area contributed by atoms with E-state index in [-0.39, 0.29) is 5.43 Å². The van der Waals surface area contributed by atoms with E-state index in [2.05, 4.69) is 5.10 Å². The van der Waals surface area contributed by atoms with Gasteiger partial charge in [-0.05, 0) is 18.2 Å². The Morgan fingerprint density at radius 2 is 2.18 bits per heavy atom. The molecule has 0 amide bonds. The Bertz CT molecular complexity index is 751. The summed E-state index contributed by atoms with van der Waals surface area (Å²) in [6.07, 6.45) is 4.31. The van der Waals surface area contributed by atoms with Gasteiger partial charge in [0.2, 0.25) is 0 Å². The summed E-state index contributed by atoms with van der Waals surface area (Å²) in [5.41, 5.74) is 1.39. The number of nitrogens with one attached hydrogen (secondary N) is 1. The van der Waals surface area contributed by atoms with Gasteiger partial charge in [0.25, 0.3) is 0 Å². The minimum atomic E-state index is -0.0381. The first-order valence-corrected chi connectivity index (χ1v) is 5.85. The van der Waals surface area contributed by atoms with E-state index in [9.17, 15) is 9.59 Å². The van der Waals surface area contributed by atoms with Gasteiger partial charge >= 0.3 is 0 Å². The summed E-state index contributed by atoms with van der Waals surface area (Å²) >= 11 is 1.32. The predicted molar refractivity (Wildman–Crippen MR) is 66.7 cm³/mol. The SMILES string of the molecule is O=Cc1ccc(-c2cn3[nH]ccc3cc2=O)s1. The average Bonchev–Trinajstić information content (AvgIpc) is 2.94. The van der Waals surface area contributed by atoms with Crippen molar-refractivity contribution >= 4 is 23.1 Å². The molecule has 0 bridgehead atoms. The molecule has 0 aromatic carbocycles. The molecule has 1 N–H and O–H groups in total. The van der Waals surface area contributed by atoms with Crippen molar-refractivity contribution in [3.8, 4) is 10.4 Å². The molecule has 0 aliphatic carbocycles. The van der Waals surface area contributed by atoms with Crippen molar-refractivity contribution in [1.82, 2.24) is 9.61 Å². The van der Waals surface area contributed by atoms with Crippen molar-refractivity contribution in [3.63, 3.8) is 0 Å². The van der Waals surface area contributed by atoms with Crippen LogP contribution in [0, 0.1) is 0 Å². The lowest BCUT2D eigenvalue weighted by Gasteiger charge is -1.98. The molecular formula is C12H8N2O2S. The van der Waals surface area contributed by atoms with E-state index in [1.165, 1.54) is 11.3 Å². The van der Waals surface area contributed by atoms with Gasteiger partial charge in [-0.25, -0.2) is 0 Å². The molecule has 0 saturated heterocycles. The topological polar surface area (TPSA) is 54.3 Å². The van der Waals surface area contributed by atoms with Crippen molar-refractivity contribution in [3.05, 3.63) is 51.8 Å². The van der Waals surface area contributed by atoms with Crippen LogP contribution in [0.3, 0.4) is 0 Å². The Balaban J connectivity index is 2.25. The number of hydrogen-bond donors (Lipinski definition) is 1. The van der Waals surface area contributed by atoms with E-state index in [1.54, 1.807) is 35.1 Å². The number of H-pyrrole nitrogens is 1. The molecule has 0 spiro atoms. The summed E-state index contributed by atoms with van der Waals surface area (Å²) < 4.78 is 1.77. The second-order valence-corrected chi connectivity index (χ2v) is 4.74. The van der Waals surface area contributed by atoms with Crippen LogP contribution in [0.5, 0.6) is 0 Å². The number of aromatic nitrogens is 2. The minimum Gasteiger partial charge on any atom is -0.302 e. The van der Waals surface area contributed by atoms with Crippen LogP contribution in [0.25, 0.3) is 16.0 Å². The number of hydrogen-bond acceptors (Lipinski definition) is 3. The number of thiophene rings is 1. The highest BCUT2D eigenvalue weighted by Gasteiger charge is 2.08. The molecule has 17 heavy (non-hydrogen) atoms. The van der Waals surface area contributed by atoms with Crippen molar-refractivity contribution < 1.29 is 4.79 Å². The van der Waals surface area contributed by atoms with Gasteiger partial charge in [-0.15, -0.1) is 11.3 Å². The monoisotopic (exact) mass is 244 g/mol. The molecule has 3 heterocycles. The number of aldehydes is 1. The molecule has 0 saturated carbocycles. The second-order valence-electron chi connectivity index (χ2n) is 3.63. The quantitative estimate of drug-likeness (QED) is 0.702. The maximum Gasteiger partial charge on any atom is 0.190 e. The van der Waals surface area contributed by atoms with Gasteiger partial charge in [0, 0.05) is 23.3 Å². The second kappa shape index (κ2) is 3.71. The largest absolute Gasteiger partial charge is 0.302 e. The summed E-state index contributed by atoms with van der Waals surface area (Å²) in [5.74, 6) is 0. The molecular weight excluding hydrogens is 236 g/mol. The number of carbonyl (C=O) groups excluding carboxylic acids is 1. The third-order valence-electron chi connectivity index (χ3n) is 2.56. The van der Waals surface area contributed by atoms with E-state index < -0.39 is 0 Å². The predicted octanol–water partition coefficient (Wildman–Crippen LogP) is 2.17. The lowest BCUT2D eigenvalue weighted by molar-refractivity contribution is 0.112. The maximum absolute atomic E-state index is 11.9. The van der Waals surface area contributed by atoms with Crippen LogP contribution in [0.4, 0.5) is 0 Å². The summed E-state index contributed by atoms with van der Waals surface area (Å²) in [4.78, 5) is 24.0. The fraction of sp³-hybridized carbons (Fsp3) is 0. The highest BCUT2D eigenvalue weighted by molar-refractivity contribution is 7.17. The van der Waals surface area contributed by atoms with E-state index in [0.29, 0.717) is 10.4 Å². The zero-order chi connectivity index (χ0) is 11.8. The molecule has 4 nitrogen and oxygen atoms in total. The number of fused-ring (bicyclic) bond motifs is 1. The molecule has 0 fully saturated rings. The fourth-order valence-electron chi connectivity index (χ4n) is 1.74. The van der Waals surface area contributed by atoms with E-state index in [0.717, 1.165) is 16.7 Å². The Morgan fingerprint density at radius 3 is 2.94 bits per heavy atom. The van der Waals surface area contributed by atoms with Crippen molar-refractivity contribution in [2.45, 2.75) is 0 Å². The highest BCUT2D eigenvalue weighted by Crippen LogP contribution is 2.24. The van der Waals surface area contributed by atoms with Gasteiger partial charge in [-0.1, -0.05) is 0 Å². The van der Waals surface area contributed by atoms with E-state index in [1.807, 2.05) is 6.07 Å². The molecule has 0 aliphatic rings. The summed E-state index contributed by atoms with van der Waals surface area (Å²) in [6.45, 7) is 0. The number of rotatable bonds is 2. The third-order valence-corrected chi connectivity index (χ3v) is 3.60. The van der Waals surface area contributed by atoms with Crippen molar-refractivity contribution in [1.29, 1.82) is 0 Å². The Morgan fingerprint density at radius 1 is 1.29 bits per heavy atom. The van der Waals surface area contributed by atoms with Crippen molar-refractivity contribution in [2.75, 3.05) is 0 Å². The average molecular weight is 244 g/mol. The van der Waals surface area contributed by atoms with Crippen LogP contribution in [-0.2, 0) is 0 Å². The first kappa shape index (κ1) is 10.0. The van der Waals surface area contributed by atoms with Crippen LogP contribution in [0.1, 0.15) is 9.67 Å². The minimum absolute atomic E-state index is 0.0381. The molecule has 5 heteroatoms. The maximum atomic E-state index is 11.9. The van der Waals surface area contributed by atoms with Gasteiger partial charge in [-0.2, -0.15) is 0 Å². The Hall–Kier alpha value is -2.14.